The number of thiophene rings is 1. The van der Waals surface area contributed by atoms with Crippen LogP contribution in [0, 0.1) is 13.8 Å². The summed E-state index contributed by atoms with van der Waals surface area (Å²) in [5.74, 6) is 0. The number of nitrogens with zero attached hydrogens (tertiary/aromatic N) is 3. The smallest absolute Gasteiger partial charge is 0.152 e. The van der Waals surface area contributed by atoms with E-state index in [1.54, 1.807) is 17.4 Å². The van der Waals surface area contributed by atoms with Gasteiger partial charge in [-0.1, -0.05) is 41.5 Å². The highest BCUT2D eigenvalue weighted by Crippen LogP contribution is 2.43. The molecule has 0 atom stereocenters. The minimum absolute atomic E-state index is 0.470. The number of benzene rings is 3. The molecule has 5 aromatic rings. The highest BCUT2D eigenvalue weighted by atomic mass is 32.1. The Morgan fingerprint density at radius 2 is 1.39 bits per heavy atom. The molecule has 152 valence electrons. The fraction of sp³-hybridized carbons (Fsp3) is 0.0800. The van der Waals surface area contributed by atoms with Gasteiger partial charge < -0.3 is 4.90 Å². The van der Waals surface area contributed by atoms with Gasteiger partial charge in [0.1, 0.15) is 16.0 Å². The van der Waals surface area contributed by atoms with Crippen LogP contribution in [-0.2, 0) is 0 Å². The van der Waals surface area contributed by atoms with Crippen LogP contribution in [0.5, 0.6) is 0 Å². The summed E-state index contributed by atoms with van der Waals surface area (Å²) in [5.41, 5.74) is 7.06. The first-order chi connectivity index (χ1) is 15.1. The molecule has 0 saturated heterocycles. The van der Waals surface area contributed by atoms with Crippen molar-refractivity contribution in [2.45, 2.75) is 13.8 Å². The molecule has 0 spiro atoms. The van der Waals surface area contributed by atoms with Crippen LogP contribution in [0.2, 0.25) is 0 Å². The van der Waals surface area contributed by atoms with Crippen molar-refractivity contribution in [2.24, 2.45) is 0 Å². The lowest BCUT2D eigenvalue weighted by Crippen LogP contribution is -2.08. The van der Waals surface area contributed by atoms with Crippen LogP contribution in [0.1, 0.15) is 21.5 Å². The molecule has 0 aliphatic rings. The number of rotatable bonds is 5. The Balaban J connectivity index is 1.62. The number of anilines is 3. The zero-order valence-corrected chi connectivity index (χ0v) is 17.9. The fourth-order valence-corrected chi connectivity index (χ4v) is 4.64. The molecule has 0 radical (unpaired) electrons. The Morgan fingerprint density at radius 1 is 0.774 bits per heavy atom. The largest absolute Gasteiger partial charge is 0.302 e. The SMILES string of the molecule is Cc1ccc(N(c2ccc(C)cc2)c2ccc(-c3ccc(C=O)c4nonc34)s2)cc1. The number of aldehydes is 1. The highest BCUT2D eigenvalue weighted by Gasteiger charge is 2.18. The topological polar surface area (TPSA) is 59.2 Å². The van der Waals surface area contributed by atoms with Crippen LogP contribution >= 0.6 is 11.3 Å². The molecule has 5 rings (SSSR count). The van der Waals surface area contributed by atoms with Crippen molar-refractivity contribution in [3.63, 3.8) is 0 Å². The lowest BCUT2D eigenvalue weighted by atomic mass is 10.1. The van der Waals surface area contributed by atoms with E-state index in [4.69, 9.17) is 4.63 Å². The lowest BCUT2D eigenvalue weighted by Gasteiger charge is -2.24. The molecular formula is C25H19N3O2S. The van der Waals surface area contributed by atoms with Gasteiger partial charge in [0, 0.05) is 27.4 Å². The van der Waals surface area contributed by atoms with Gasteiger partial charge in [0.05, 0.1) is 0 Å². The number of hydrogen-bond donors (Lipinski definition) is 0. The molecule has 0 saturated carbocycles. The van der Waals surface area contributed by atoms with E-state index in [0.717, 1.165) is 33.1 Å². The average molecular weight is 426 g/mol. The Labute approximate surface area is 183 Å². The van der Waals surface area contributed by atoms with E-state index in [0.29, 0.717) is 16.6 Å². The molecule has 31 heavy (non-hydrogen) atoms. The number of hydrogen-bond acceptors (Lipinski definition) is 6. The second kappa shape index (κ2) is 7.81. The van der Waals surface area contributed by atoms with Crippen LogP contribution in [0.15, 0.2) is 77.4 Å². The number of carbonyl (C=O) groups excluding carboxylic acids is 1. The van der Waals surface area contributed by atoms with E-state index in [2.05, 4.69) is 89.7 Å². The van der Waals surface area contributed by atoms with E-state index in [1.807, 2.05) is 6.07 Å². The molecule has 0 N–H and O–H groups in total. The first-order valence-electron chi connectivity index (χ1n) is 9.88. The predicted octanol–water partition coefficient (Wildman–Crippen LogP) is 6.85. The first-order valence-corrected chi connectivity index (χ1v) is 10.7. The van der Waals surface area contributed by atoms with E-state index in [9.17, 15) is 4.79 Å². The van der Waals surface area contributed by atoms with Gasteiger partial charge in [0.15, 0.2) is 6.29 Å². The maximum absolute atomic E-state index is 11.3. The molecule has 0 unspecified atom stereocenters. The van der Waals surface area contributed by atoms with Gasteiger partial charge in [0.2, 0.25) is 0 Å². The van der Waals surface area contributed by atoms with Crippen LogP contribution < -0.4 is 4.90 Å². The number of aryl methyl sites for hydroxylation is 2. The molecule has 2 heterocycles. The molecular weight excluding hydrogens is 406 g/mol. The molecule has 3 aromatic carbocycles. The third kappa shape index (κ3) is 3.51. The van der Waals surface area contributed by atoms with Gasteiger partial charge in [-0.3, -0.25) is 4.79 Å². The molecule has 5 nitrogen and oxygen atoms in total. The second-order valence-electron chi connectivity index (χ2n) is 7.43. The number of fused-ring (bicyclic) bond motifs is 1. The van der Waals surface area contributed by atoms with E-state index in [1.165, 1.54) is 11.1 Å². The molecule has 0 fully saturated rings. The third-order valence-electron chi connectivity index (χ3n) is 5.24. The van der Waals surface area contributed by atoms with Gasteiger partial charge in [-0.15, -0.1) is 11.3 Å². The molecule has 0 amide bonds. The maximum Gasteiger partial charge on any atom is 0.152 e. The first kappa shape index (κ1) is 19.2. The summed E-state index contributed by atoms with van der Waals surface area (Å²) >= 11 is 1.65. The predicted molar refractivity (Wildman–Crippen MR) is 125 cm³/mol. The summed E-state index contributed by atoms with van der Waals surface area (Å²) in [6.07, 6.45) is 0.771. The fourth-order valence-electron chi connectivity index (χ4n) is 3.56. The third-order valence-corrected chi connectivity index (χ3v) is 6.34. The van der Waals surface area contributed by atoms with Crippen LogP contribution in [0.25, 0.3) is 21.5 Å². The van der Waals surface area contributed by atoms with Crippen LogP contribution in [0.4, 0.5) is 16.4 Å². The van der Waals surface area contributed by atoms with Gasteiger partial charge in [-0.2, -0.15) is 0 Å². The molecule has 6 heteroatoms. The molecule has 0 bridgehead atoms. The van der Waals surface area contributed by atoms with E-state index < -0.39 is 0 Å². The summed E-state index contributed by atoms with van der Waals surface area (Å²) < 4.78 is 4.92. The maximum atomic E-state index is 11.3. The summed E-state index contributed by atoms with van der Waals surface area (Å²) in [4.78, 5) is 14.6. The molecule has 0 aliphatic heterocycles. The van der Waals surface area contributed by atoms with Crippen molar-refractivity contribution < 1.29 is 9.42 Å². The van der Waals surface area contributed by atoms with Crippen molar-refractivity contribution in [1.82, 2.24) is 10.3 Å². The zero-order chi connectivity index (χ0) is 21.4. The normalized spacial score (nSPS) is 11.0. The second-order valence-corrected chi connectivity index (χ2v) is 8.49. The Bertz CT molecular complexity index is 1320. The quantitative estimate of drug-likeness (QED) is 0.288. The van der Waals surface area contributed by atoms with Crippen molar-refractivity contribution in [1.29, 1.82) is 0 Å². The summed E-state index contributed by atoms with van der Waals surface area (Å²) in [5, 5.41) is 9.02. The van der Waals surface area contributed by atoms with Gasteiger partial charge in [0.25, 0.3) is 0 Å². The average Bonchev–Trinajstić information content (AvgIpc) is 3.46. The monoisotopic (exact) mass is 425 g/mol. The van der Waals surface area contributed by atoms with Crippen molar-refractivity contribution in [3.8, 4) is 10.4 Å². The van der Waals surface area contributed by atoms with Gasteiger partial charge >= 0.3 is 0 Å². The molecule has 2 aromatic heterocycles. The van der Waals surface area contributed by atoms with Crippen LogP contribution in [-0.4, -0.2) is 16.6 Å². The van der Waals surface area contributed by atoms with Crippen molar-refractivity contribution >= 4 is 45.0 Å². The van der Waals surface area contributed by atoms with E-state index >= 15 is 0 Å². The number of aromatic nitrogens is 2. The Hall–Kier alpha value is -3.77. The minimum atomic E-state index is 0.470. The van der Waals surface area contributed by atoms with Crippen molar-refractivity contribution in [2.75, 3.05) is 4.90 Å². The Kier molecular flexibility index (Phi) is 4.84. The van der Waals surface area contributed by atoms with E-state index in [-0.39, 0.29) is 0 Å². The summed E-state index contributed by atoms with van der Waals surface area (Å²) in [7, 11) is 0. The minimum Gasteiger partial charge on any atom is -0.302 e. The van der Waals surface area contributed by atoms with Crippen LogP contribution in [0.3, 0.4) is 0 Å². The molecule has 0 aliphatic carbocycles. The lowest BCUT2D eigenvalue weighted by molar-refractivity contribution is 0.112. The zero-order valence-electron chi connectivity index (χ0n) is 17.1. The van der Waals surface area contributed by atoms with Gasteiger partial charge in [-0.05, 0) is 66.6 Å². The van der Waals surface area contributed by atoms with Crippen molar-refractivity contribution in [3.05, 3.63) is 89.5 Å². The highest BCUT2D eigenvalue weighted by molar-refractivity contribution is 7.19. The summed E-state index contributed by atoms with van der Waals surface area (Å²) in [6, 6.07) is 24.8. The summed E-state index contributed by atoms with van der Waals surface area (Å²) in [6.45, 7) is 4.17. The standard InChI is InChI=1S/C25H19N3O2S/c1-16-3-8-19(9-4-16)28(20-10-5-17(2)6-11-20)23-14-13-22(31-23)21-12-7-18(15-29)24-25(21)27-30-26-24/h3-15H,1-2H3. The number of carbonyl (C=O) groups is 1. The Morgan fingerprint density at radius 3 is 2.00 bits per heavy atom. The van der Waals surface area contributed by atoms with Gasteiger partial charge in [-0.25, -0.2) is 4.63 Å².